The fourth-order valence-corrected chi connectivity index (χ4v) is 2.09. The largest absolute Gasteiger partial charge is 0.484 e. The van der Waals surface area contributed by atoms with Crippen LogP contribution in [-0.4, -0.2) is 25.0 Å². The van der Waals surface area contributed by atoms with Crippen LogP contribution in [0.2, 0.25) is 0 Å². The molecule has 0 fully saturated rings. The smallest absolute Gasteiger partial charge is 0.277 e. The average molecular weight is 314 g/mol. The van der Waals surface area contributed by atoms with Gasteiger partial charge in [0.2, 0.25) is 0 Å². The summed E-state index contributed by atoms with van der Waals surface area (Å²) in [6.07, 6.45) is 3.63. The molecule has 0 spiro atoms. The van der Waals surface area contributed by atoms with E-state index in [-0.39, 0.29) is 12.5 Å². The van der Waals surface area contributed by atoms with Gasteiger partial charge in [-0.2, -0.15) is 5.10 Å². The van der Waals surface area contributed by atoms with Gasteiger partial charge in [-0.05, 0) is 43.0 Å². The van der Waals surface area contributed by atoms with Gasteiger partial charge in [-0.3, -0.25) is 4.79 Å². The number of aryl methyl sites for hydroxylation is 1. The van der Waals surface area contributed by atoms with Gasteiger partial charge in [-0.1, -0.05) is 29.8 Å². The van der Waals surface area contributed by atoms with E-state index >= 15 is 0 Å². The zero-order valence-corrected chi connectivity index (χ0v) is 13.4. The highest BCUT2D eigenvalue weighted by molar-refractivity contribution is 7.98. The van der Waals surface area contributed by atoms with Crippen LogP contribution in [0.4, 0.5) is 0 Å². The Hall–Kier alpha value is -2.27. The second kappa shape index (κ2) is 8.24. The van der Waals surface area contributed by atoms with E-state index in [1.165, 1.54) is 4.90 Å². The van der Waals surface area contributed by atoms with Crippen molar-refractivity contribution in [3.05, 3.63) is 59.7 Å². The lowest BCUT2D eigenvalue weighted by molar-refractivity contribution is -0.123. The van der Waals surface area contributed by atoms with Gasteiger partial charge in [0.15, 0.2) is 6.61 Å². The number of rotatable bonds is 6. The number of nitrogens with one attached hydrogen (secondary N) is 1. The van der Waals surface area contributed by atoms with Crippen molar-refractivity contribution in [3.63, 3.8) is 0 Å². The normalized spacial score (nSPS) is 10.6. The summed E-state index contributed by atoms with van der Waals surface area (Å²) in [6, 6.07) is 15.4. The molecule has 0 aliphatic heterocycles. The average Bonchev–Trinajstić information content (AvgIpc) is 2.55. The highest BCUT2D eigenvalue weighted by Crippen LogP contribution is 2.14. The number of thioether (sulfide) groups is 1. The molecule has 0 radical (unpaired) electrons. The Labute approximate surface area is 134 Å². The van der Waals surface area contributed by atoms with Crippen molar-refractivity contribution in [1.82, 2.24) is 5.43 Å². The van der Waals surface area contributed by atoms with Crippen molar-refractivity contribution in [2.75, 3.05) is 12.9 Å². The number of benzene rings is 2. The molecule has 114 valence electrons. The first-order valence-corrected chi connectivity index (χ1v) is 8.05. The number of carbonyl (C=O) groups excluding carboxylic acids is 1. The number of amides is 1. The minimum absolute atomic E-state index is 0.0637. The quantitative estimate of drug-likeness (QED) is 0.506. The van der Waals surface area contributed by atoms with Gasteiger partial charge in [-0.15, -0.1) is 11.8 Å². The lowest BCUT2D eigenvalue weighted by atomic mass is 10.2. The van der Waals surface area contributed by atoms with E-state index in [0.29, 0.717) is 5.75 Å². The maximum atomic E-state index is 11.6. The summed E-state index contributed by atoms with van der Waals surface area (Å²) in [7, 11) is 0. The van der Waals surface area contributed by atoms with E-state index in [0.717, 1.165) is 11.1 Å². The third-order valence-corrected chi connectivity index (χ3v) is 3.65. The molecule has 2 rings (SSSR count). The van der Waals surface area contributed by atoms with Crippen LogP contribution in [0.25, 0.3) is 0 Å². The predicted octanol–water partition coefficient (Wildman–Crippen LogP) is 3.25. The summed E-state index contributed by atoms with van der Waals surface area (Å²) >= 11 is 1.68. The molecule has 0 bridgehead atoms. The summed E-state index contributed by atoms with van der Waals surface area (Å²) in [5.41, 5.74) is 4.52. The number of hydrazone groups is 1. The van der Waals surface area contributed by atoms with Gasteiger partial charge in [0.05, 0.1) is 6.21 Å². The Morgan fingerprint density at radius 1 is 1.18 bits per heavy atom. The van der Waals surface area contributed by atoms with Gasteiger partial charge in [0.25, 0.3) is 5.91 Å². The summed E-state index contributed by atoms with van der Waals surface area (Å²) in [5, 5.41) is 3.91. The monoisotopic (exact) mass is 314 g/mol. The summed E-state index contributed by atoms with van der Waals surface area (Å²) < 4.78 is 5.37. The van der Waals surface area contributed by atoms with Gasteiger partial charge >= 0.3 is 0 Å². The zero-order valence-electron chi connectivity index (χ0n) is 12.6. The standard InChI is InChI=1S/C17H18N2O2S/c1-13-3-7-15(8-4-13)21-12-17(20)19-18-11-14-5-9-16(22-2)10-6-14/h3-11H,12H2,1-2H3,(H,19,20)/b18-11-. The maximum absolute atomic E-state index is 11.6. The number of hydrogen-bond donors (Lipinski definition) is 1. The fraction of sp³-hybridized carbons (Fsp3) is 0.176. The molecule has 5 heteroatoms. The zero-order chi connectivity index (χ0) is 15.8. The topological polar surface area (TPSA) is 50.7 Å². The van der Waals surface area contributed by atoms with Crippen LogP contribution in [0.3, 0.4) is 0 Å². The van der Waals surface area contributed by atoms with Crippen molar-refractivity contribution in [3.8, 4) is 5.75 Å². The van der Waals surface area contributed by atoms with E-state index in [9.17, 15) is 4.79 Å². The molecule has 1 amide bonds. The molecule has 4 nitrogen and oxygen atoms in total. The third-order valence-electron chi connectivity index (χ3n) is 2.91. The minimum Gasteiger partial charge on any atom is -0.484 e. The van der Waals surface area contributed by atoms with Crippen LogP contribution in [0, 0.1) is 6.92 Å². The molecule has 22 heavy (non-hydrogen) atoms. The second-order valence-corrected chi connectivity index (χ2v) is 5.55. The predicted molar refractivity (Wildman–Crippen MR) is 90.6 cm³/mol. The van der Waals surface area contributed by atoms with E-state index in [4.69, 9.17) is 4.74 Å². The third kappa shape index (κ3) is 5.26. The molecule has 1 N–H and O–H groups in total. The van der Waals surface area contributed by atoms with E-state index in [1.807, 2.05) is 61.7 Å². The van der Waals surface area contributed by atoms with E-state index in [2.05, 4.69) is 10.5 Å². The first-order chi connectivity index (χ1) is 10.7. The van der Waals surface area contributed by atoms with Gasteiger partial charge in [0, 0.05) is 4.90 Å². The molecule has 0 aliphatic carbocycles. The Morgan fingerprint density at radius 2 is 1.86 bits per heavy atom. The summed E-state index contributed by atoms with van der Waals surface area (Å²) in [6.45, 7) is 1.93. The lowest BCUT2D eigenvalue weighted by Gasteiger charge is -2.05. The maximum Gasteiger partial charge on any atom is 0.277 e. The van der Waals surface area contributed by atoms with Crippen LogP contribution in [0.15, 0.2) is 58.5 Å². The number of nitrogens with zero attached hydrogens (tertiary/aromatic N) is 1. The molecular weight excluding hydrogens is 296 g/mol. The molecule has 0 atom stereocenters. The molecule has 0 saturated carbocycles. The summed E-state index contributed by atoms with van der Waals surface area (Å²) in [5.74, 6) is 0.370. The summed E-state index contributed by atoms with van der Waals surface area (Å²) in [4.78, 5) is 12.8. The van der Waals surface area contributed by atoms with Crippen molar-refractivity contribution in [1.29, 1.82) is 0 Å². The second-order valence-electron chi connectivity index (χ2n) is 4.67. The van der Waals surface area contributed by atoms with Crippen molar-refractivity contribution in [2.24, 2.45) is 5.10 Å². The van der Waals surface area contributed by atoms with Gasteiger partial charge in [-0.25, -0.2) is 5.43 Å². The Kier molecular flexibility index (Phi) is 6.03. The van der Waals surface area contributed by atoms with Crippen LogP contribution in [0.1, 0.15) is 11.1 Å². The highest BCUT2D eigenvalue weighted by Gasteiger charge is 2.01. The SMILES string of the molecule is CSc1ccc(/C=N\NC(=O)COc2ccc(C)cc2)cc1. The van der Waals surface area contributed by atoms with Crippen molar-refractivity contribution >= 4 is 23.9 Å². The van der Waals surface area contributed by atoms with Crippen molar-refractivity contribution in [2.45, 2.75) is 11.8 Å². The first kappa shape index (κ1) is 16.1. The van der Waals surface area contributed by atoms with Crippen molar-refractivity contribution < 1.29 is 9.53 Å². The number of ether oxygens (including phenoxy) is 1. The van der Waals surface area contributed by atoms with Gasteiger partial charge in [0.1, 0.15) is 5.75 Å². The Morgan fingerprint density at radius 3 is 2.50 bits per heavy atom. The molecule has 0 heterocycles. The first-order valence-electron chi connectivity index (χ1n) is 6.83. The van der Waals surface area contributed by atoms with Gasteiger partial charge < -0.3 is 4.74 Å². The minimum atomic E-state index is -0.294. The molecule has 0 saturated heterocycles. The van der Waals surface area contributed by atoms with Crippen LogP contribution < -0.4 is 10.2 Å². The van der Waals surface area contributed by atoms with Crippen LogP contribution >= 0.6 is 11.8 Å². The molecular formula is C17H18N2O2S. The van der Waals surface area contributed by atoms with E-state index < -0.39 is 0 Å². The van der Waals surface area contributed by atoms with E-state index in [1.54, 1.807) is 18.0 Å². The Bertz CT molecular complexity index is 637. The lowest BCUT2D eigenvalue weighted by Crippen LogP contribution is -2.24. The van der Waals surface area contributed by atoms with Crippen LogP contribution in [0.5, 0.6) is 5.75 Å². The Balaban J connectivity index is 1.76. The highest BCUT2D eigenvalue weighted by atomic mass is 32.2. The van der Waals surface area contributed by atoms with Crippen LogP contribution in [-0.2, 0) is 4.79 Å². The molecule has 0 aliphatic rings. The molecule has 0 aromatic heterocycles. The molecule has 0 unspecified atom stereocenters. The molecule has 2 aromatic carbocycles. The fourth-order valence-electron chi connectivity index (χ4n) is 1.68. The number of carbonyl (C=O) groups is 1. The number of hydrogen-bond acceptors (Lipinski definition) is 4. The molecule has 2 aromatic rings.